The molecule has 13 aromatic carbocycles. The highest BCUT2D eigenvalue weighted by atomic mass is 15.1. The average Bonchev–Trinajstić information content (AvgIpc) is 1.56. The first-order valence-electron chi connectivity index (χ1n) is 29.0. The van der Waals surface area contributed by atoms with E-state index in [0.29, 0.717) is 11.4 Å². The zero-order valence-corrected chi connectivity index (χ0v) is 46.4. The van der Waals surface area contributed by atoms with E-state index in [4.69, 9.17) is 0 Å². The molecule has 17 rings (SSSR count). The number of rotatable bonds is 8. The lowest BCUT2D eigenvalue weighted by Gasteiger charge is -2.28. The van der Waals surface area contributed by atoms with Gasteiger partial charge in [-0.05, 0) is 117 Å². The van der Waals surface area contributed by atoms with Crippen molar-refractivity contribution in [2.24, 2.45) is 0 Å². The first-order chi connectivity index (χ1) is 42.6. The number of aromatic nitrogens is 4. The van der Waals surface area contributed by atoms with Crippen LogP contribution in [0.15, 0.2) is 291 Å². The number of nitrogens with zero attached hydrogens (tertiary/aromatic N) is 6. The molecule has 0 bridgehead atoms. The Labute approximate surface area is 495 Å². The van der Waals surface area contributed by atoms with Gasteiger partial charge in [-0.15, -0.1) is 0 Å². The molecule has 0 saturated heterocycles. The van der Waals surface area contributed by atoms with E-state index in [-0.39, 0.29) is 11.1 Å². The second-order valence-corrected chi connectivity index (χ2v) is 22.2. The molecule has 0 aliphatic heterocycles. The number of nitriles is 2. The fourth-order valence-electron chi connectivity index (χ4n) is 13.9. The maximum atomic E-state index is 12.6. The summed E-state index contributed by atoms with van der Waals surface area (Å²) in [5, 5.41) is 33.4. The molecule has 0 unspecified atom stereocenters. The van der Waals surface area contributed by atoms with Crippen LogP contribution < -0.4 is 0 Å². The highest BCUT2D eigenvalue weighted by Crippen LogP contribution is 2.50. The third kappa shape index (κ3) is 7.24. The quantitative estimate of drug-likeness (QED) is 0.152. The van der Waals surface area contributed by atoms with Crippen molar-refractivity contribution in [3.63, 3.8) is 0 Å². The molecule has 0 spiro atoms. The molecule has 0 atom stereocenters. The summed E-state index contributed by atoms with van der Waals surface area (Å²) in [6, 6.07) is 109. The van der Waals surface area contributed by atoms with Gasteiger partial charge in [-0.2, -0.15) is 10.5 Å². The van der Waals surface area contributed by atoms with Gasteiger partial charge in [0.15, 0.2) is 0 Å². The molecule has 4 heterocycles. The largest absolute Gasteiger partial charge is 0.306 e. The van der Waals surface area contributed by atoms with E-state index in [1.807, 2.05) is 12.1 Å². The Morgan fingerprint density at radius 2 is 0.395 bits per heavy atom. The molecule has 0 amide bonds. The van der Waals surface area contributed by atoms with E-state index in [0.717, 1.165) is 143 Å². The summed E-state index contributed by atoms with van der Waals surface area (Å²) in [5.74, 6) is 0. The minimum atomic E-state index is 0.252. The Hall–Kier alpha value is -12.0. The standard InChI is InChI=1S/C80H48N6/c81-49-67-68(50-82)78(84-70-34-18-14-30-60(70)64-46-56(38-42-74(64)84)52-23-7-2-8-24-52)80(86-72-36-20-16-32-62(72)66-48-58(40-44-76(66)86)54-27-11-4-12-28-54)79(85-71-35-19-15-31-61(71)65-47-57(39-43-75(65)85)53-25-9-3-10-26-53)77(67)83-69-33-17-13-29-59(69)63-45-55(37-41-73(63)83)51-21-5-1-6-22-51/h1-48H. The summed E-state index contributed by atoms with van der Waals surface area (Å²) in [6.45, 7) is 0. The van der Waals surface area contributed by atoms with Crippen LogP contribution in [0.5, 0.6) is 0 Å². The molecule has 0 aliphatic carbocycles. The summed E-state index contributed by atoms with van der Waals surface area (Å²) in [6.07, 6.45) is 0. The lowest BCUT2D eigenvalue weighted by atomic mass is 9.98. The predicted molar refractivity (Wildman–Crippen MR) is 355 cm³/mol. The number of para-hydroxylation sites is 4. The fourth-order valence-corrected chi connectivity index (χ4v) is 13.9. The molecule has 0 fully saturated rings. The first-order valence-corrected chi connectivity index (χ1v) is 29.0. The average molecular weight is 1090 g/mol. The van der Waals surface area contributed by atoms with E-state index in [1.165, 1.54) is 0 Å². The molecule has 6 nitrogen and oxygen atoms in total. The number of hydrogen-bond donors (Lipinski definition) is 0. The van der Waals surface area contributed by atoms with E-state index in [1.54, 1.807) is 0 Å². The molecule has 0 radical (unpaired) electrons. The van der Waals surface area contributed by atoms with Gasteiger partial charge in [0.1, 0.15) is 12.1 Å². The molecule has 86 heavy (non-hydrogen) atoms. The highest BCUT2D eigenvalue weighted by Gasteiger charge is 2.35. The van der Waals surface area contributed by atoms with Crippen molar-refractivity contribution in [1.29, 1.82) is 10.5 Å². The zero-order valence-electron chi connectivity index (χ0n) is 46.4. The minimum Gasteiger partial charge on any atom is -0.306 e. The fraction of sp³-hybridized carbons (Fsp3) is 0. The Morgan fingerprint density at radius 1 is 0.186 bits per heavy atom. The Morgan fingerprint density at radius 3 is 0.640 bits per heavy atom. The van der Waals surface area contributed by atoms with Gasteiger partial charge in [-0.25, -0.2) is 0 Å². The van der Waals surface area contributed by atoms with Crippen molar-refractivity contribution in [3.8, 4) is 79.4 Å². The van der Waals surface area contributed by atoms with Crippen molar-refractivity contribution in [1.82, 2.24) is 18.3 Å². The van der Waals surface area contributed by atoms with Crippen molar-refractivity contribution >= 4 is 87.2 Å². The summed E-state index contributed by atoms with van der Waals surface area (Å²) < 4.78 is 9.35. The van der Waals surface area contributed by atoms with Crippen LogP contribution in [0, 0.1) is 22.7 Å². The van der Waals surface area contributed by atoms with Crippen LogP contribution in [0.25, 0.3) is 154 Å². The van der Waals surface area contributed by atoms with Crippen LogP contribution in [-0.4, -0.2) is 18.3 Å². The molecule has 0 N–H and O–H groups in total. The van der Waals surface area contributed by atoms with Gasteiger partial charge in [-0.1, -0.05) is 218 Å². The van der Waals surface area contributed by atoms with Gasteiger partial charge in [0.05, 0.1) is 78.0 Å². The summed E-state index contributed by atoms with van der Waals surface area (Å²) in [4.78, 5) is 0. The monoisotopic (exact) mass is 1090 g/mol. The maximum Gasteiger partial charge on any atom is 0.103 e. The van der Waals surface area contributed by atoms with E-state index in [2.05, 4.69) is 309 Å². The van der Waals surface area contributed by atoms with Crippen LogP contribution in [0.3, 0.4) is 0 Å². The lowest BCUT2D eigenvalue weighted by molar-refractivity contribution is 1.01. The number of benzene rings is 13. The van der Waals surface area contributed by atoms with Crippen LogP contribution in [0.2, 0.25) is 0 Å². The van der Waals surface area contributed by atoms with Gasteiger partial charge < -0.3 is 18.3 Å². The van der Waals surface area contributed by atoms with Crippen LogP contribution in [0.4, 0.5) is 0 Å². The second-order valence-electron chi connectivity index (χ2n) is 22.2. The summed E-state index contributed by atoms with van der Waals surface area (Å²) in [7, 11) is 0. The van der Waals surface area contributed by atoms with Crippen molar-refractivity contribution in [2.75, 3.05) is 0 Å². The molecular formula is C80H48N6. The number of hydrogen-bond acceptors (Lipinski definition) is 2. The van der Waals surface area contributed by atoms with Gasteiger partial charge in [0.2, 0.25) is 0 Å². The predicted octanol–water partition coefficient (Wildman–Crippen LogP) is 20.5. The Bertz CT molecular complexity index is 5360. The van der Waals surface area contributed by atoms with Gasteiger partial charge in [0.25, 0.3) is 0 Å². The number of fused-ring (bicyclic) bond motifs is 12. The van der Waals surface area contributed by atoms with Crippen molar-refractivity contribution in [2.45, 2.75) is 0 Å². The Balaban J connectivity index is 1.13. The molecule has 0 saturated carbocycles. The van der Waals surface area contributed by atoms with Gasteiger partial charge in [0, 0.05) is 43.1 Å². The van der Waals surface area contributed by atoms with E-state index >= 15 is 0 Å². The van der Waals surface area contributed by atoms with Gasteiger partial charge in [-0.3, -0.25) is 0 Å². The molecule has 398 valence electrons. The topological polar surface area (TPSA) is 67.3 Å². The van der Waals surface area contributed by atoms with Crippen LogP contribution >= 0.6 is 0 Å². The van der Waals surface area contributed by atoms with Crippen LogP contribution in [0.1, 0.15) is 11.1 Å². The molecule has 6 heteroatoms. The summed E-state index contributed by atoms with van der Waals surface area (Å²) >= 11 is 0. The first kappa shape index (κ1) is 48.7. The molecular weight excluding hydrogens is 1040 g/mol. The van der Waals surface area contributed by atoms with E-state index < -0.39 is 0 Å². The highest BCUT2D eigenvalue weighted by molar-refractivity contribution is 6.17. The second kappa shape index (κ2) is 19.3. The molecule has 4 aromatic heterocycles. The molecule has 17 aromatic rings. The van der Waals surface area contributed by atoms with Gasteiger partial charge >= 0.3 is 0 Å². The van der Waals surface area contributed by atoms with Crippen molar-refractivity contribution < 1.29 is 0 Å². The Kier molecular flexibility index (Phi) is 11.0. The third-order valence-electron chi connectivity index (χ3n) is 17.6. The zero-order chi connectivity index (χ0) is 57.0. The maximum absolute atomic E-state index is 12.6. The SMILES string of the molecule is N#Cc1c(C#N)c(-n2c3ccccc3c3cc(-c4ccccc4)ccc32)c(-n2c3ccccc3c3cc(-c4ccccc4)ccc32)c(-n2c3ccccc3c3cc(-c4ccccc4)ccc32)c1-n1c2ccccc2c2cc(-c3ccccc3)ccc21. The minimum absolute atomic E-state index is 0.252. The normalized spacial score (nSPS) is 11.7. The third-order valence-corrected chi connectivity index (χ3v) is 17.6. The lowest BCUT2D eigenvalue weighted by Crippen LogP contribution is -2.17. The van der Waals surface area contributed by atoms with E-state index in [9.17, 15) is 10.5 Å². The van der Waals surface area contributed by atoms with Crippen molar-refractivity contribution in [3.05, 3.63) is 302 Å². The van der Waals surface area contributed by atoms with Crippen LogP contribution in [-0.2, 0) is 0 Å². The molecule has 0 aliphatic rings. The smallest absolute Gasteiger partial charge is 0.103 e. The summed E-state index contributed by atoms with van der Waals surface area (Å²) in [5.41, 5.74) is 19.3.